The molecule has 1 unspecified atom stereocenters. The minimum atomic E-state index is -0.878. The van der Waals surface area contributed by atoms with E-state index in [1.54, 1.807) is 13.0 Å². The molecule has 1 atom stereocenters. The second kappa shape index (κ2) is 8.77. The molecule has 0 spiro atoms. The summed E-state index contributed by atoms with van der Waals surface area (Å²) in [7, 11) is 0. The fourth-order valence-electron chi connectivity index (χ4n) is 2.62. The van der Waals surface area contributed by atoms with Gasteiger partial charge in [-0.1, -0.05) is 35.9 Å². The summed E-state index contributed by atoms with van der Waals surface area (Å²) in [5.41, 5.74) is 1.74. The van der Waals surface area contributed by atoms with E-state index in [0.29, 0.717) is 22.9 Å². The van der Waals surface area contributed by atoms with Crippen molar-refractivity contribution in [3.63, 3.8) is 0 Å². The molecule has 1 N–H and O–H groups in total. The van der Waals surface area contributed by atoms with Crippen LogP contribution in [0.15, 0.2) is 42.5 Å². The molecule has 1 amide bonds. The summed E-state index contributed by atoms with van der Waals surface area (Å²) in [6, 6.07) is 12.8. The molecule has 1 aliphatic rings. The maximum atomic E-state index is 12.1. The standard InChI is InChI=1S/C20H20ClNO5/c1-13(20(24)22-11-15-4-2-3-5-16(15)21)27-19(23)9-7-14-6-8-17-18(10-14)26-12-25-17/h2-6,8,10,13H,7,9,11-12H2,1H3,(H,22,24). The number of carbonyl (C=O) groups is 2. The Morgan fingerprint density at radius 3 is 2.78 bits per heavy atom. The van der Waals surface area contributed by atoms with Gasteiger partial charge in [0.15, 0.2) is 17.6 Å². The Bertz CT molecular complexity index is 839. The SMILES string of the molecule is CC(OC(=O)CCc1ccc2c(c1)OCO2)C(=O)NCc1ccccc1Cl. The van der Waals surface area contributed by atoms with Crippen LogP contribution in [-0.2, 0) is 27.3 Å². The summed E-state index contributed by atoms with van der Waals surface area (Å²) in [6.07, 6.45) is -0.220. The topological polar surface area (TPSA) is 73.9 Å². The second-order valence-corrected chi connectivity index (χ2v) is 6.54. The minimum Gasteiger partial charge on any atom is -0.454 e. The Morgan fingerprint density at radius 1 is 1.19 bits per heavy atom. The van der Waals surface area contributed by atoms with Gasteiger partial charge in [-0.15, -0.1) is 0 Å². The maximum Gasteiger partial charge on any atom is 0.306 e. The average Bonchev–Trinajstić information content (AvgIpc) is 3.13. The number of benzene rings is 2. The van der Waals surface area contributed by atoms with Crippen molar-refractivity contribution in [1.82, 2.24) is 5.32 Å². The summed E-state index contributed by atoms with van der Waals surface area (Å²) in [6.45, 7) is 2.03. The highest BCUT2D eigenvalue weighted by Gasteiger charge is 2.18. The van der Waals surface area contributed by atoms with Crippen molar-refractivity contribution in [2.24, 2.45) is 0 Å². The normalized spacial score (nSPS) is 13.1. The monoisotopic (exact) mass is 389 g/mol. The lowest BCUT2D eigenvalue weighted by molar-refractivity contribution is -0.154. The van der Waals surface area contributed by atoms with E-state index in [1.807, 2.05) is 36.4 Å². The lowest BCUT2D eigenvalue weighted by atomic mass is 10.1. The van der Waals surface area contributed by atoms with Gasteiger partial charge in [-0.3, -0.25) is 9.59 Å². The highest BCUT2D eigenvalue weighted by molar-refractivity contribution is 6.31. The van der Waals surface area contributed by atoms with E-state index in [1.165, 1.54) is 0 Å². The van der Waals surface area contributed by atoms with Crippen LogP contribution in [0.5, 0.6) is 11.5 Å². The van der Waals surface area contributed by atoms with Gasteiger partial charge in [0.2, 0.25) is 6.79 Å². The molecule has 0 radical (unpaired) electrons. The molecule has 6 nitrogen and oxygen atoms in total. The van der Waals surface area contributed by atoms with Crippen molar-refractivity contribution in [3.05, 3.63) is 58.6 Å². The van der Waals surface area contributed by atoms with Crippen LogP contribution in [0, 0.1) is 0 Å². The van der Waals surface area contributed by atoms with Gasteiger partial charge in [-0.25, -0.2) is 0 Å². The lowest BCUT2D eigenvalue weighted by Crippen LogP contribution is -2.35. The average molecular weight is 390 g/mol. The summed E-state index contributed by atoms with van der Waals surface area (Å²) >= 11 is 6.05. The summed E-state index contributed by atoms with van der Waals surface area (Å²) in [5.74, 6) is 0.567. The van der Waals surface area contributed by atoms with E-state index in [0.717, 1.165) is 11.1 Å². The molecule has 2 aromatic carbocycles. The number of fused-ring (bicyclic) bond motifs is 1. The van der Waals surface area contributed by atoms with E-state index in [-0.39, 0.29) is 25.7 Å². The summed E-state index contributed by atoms with van der Waals surface area (Å²) < 4.78 is 15.8. The van der Waals surface area contributed by atoms with Crippen LogP contribution < -0.4 is 14.8 Å². The van der Waals surface area contributed by atoms with E-state index in [9.17, 15) is 9.59 Å². The first-order chi connectivity index (χ1) is 13.0. The number of amides is 1. The predicted octanol–water partition coefficient (Wildman–Crippen LogP) is 3.25. The molecule has 1 aliphatic heterocycles. The van der Waals surface area contributed by atoms with Gasteiger partial charge in [-0.05, 0) is 42.7 Å². The molecule has 2 aromatic rings. The summed E-state index contributed by atoms with van der Waals surface area (Å²) in [5, 5.41) is 3.29. The predicted molar refractivity (Wildman–Crippen MR) is 99.7 cm³/mol. The second-order valence-electron chi connectivity index (χ2n) is 6.13. The van der Waals surface area contributed by atoms with Crippen LogP contribution in [0.1, 0.15) is 24.5 Å². The lowest BCUT2D eigenvalue weighted by Gasteiger charge is -2.14. The summed E-state index contributed by atoms with van der Waals surface area (Å²) in [4.78, 5) is 24.1. The molecule has 3 rings (SSSR count). The molecular weight excluding hydrogens is 370 g/mol. The number of esters is 1. The highest BCUT2D eigenvalue weighted by atomic mass is 35.5. The van der Waals surface area contributed by atoms with Crippen molar-refractivity contribution >= 4 is 23.5 Å². The number of rotatable bonds is 7. The Labute approximate surface area is 162 Å². The van der Waals surface area contributed by atoms with Gasteiger partial charge >= 0.3 is 5.97 Å². The molecule has 0 fully saturated rings. The van der Waals surface area contributed by atoms with Gasteiger partial charge in [0, 0.05) is 18.0 Å². The van der Waals surface area contributed by atoms with Crippen molar-refractivity contribution in [1.29, 1.82) is 0 Å². The number of ether oxygens (including phenoxy) is 3. The molecule has 7 heteroatoms. The number of nitrogens with one attached hydrogen (secondary N) is 1. The van der Waals surface area contributed by atoms with Crippen molar-refractivity contribution in [3.8, 4) is 11.5 Å². The Morgan fingerprint density at radius 2 is 1.96 bits per heavy atom. The minimum absolute atomic E-state index is 0.168. The quantitative estimate of drug-likeness (QED) is 0.736. The zero-order valence-corrected chi connectivity index (χ0v) is 15.6. The Hall–Kier alpha value is -2.73. The number of hydrogen-bond donors (Lipinski definition) is 1. The van der Waals surface area contributed by atoms with E-state index in [2.05, 4.69) is 5.32 Å². The number of aryl methyl sites for hydroxylation is 1. The van der Waals surface area contributed by atoms with Crippen molar-refractivity contribution in [2.45, 2.75) is 32.4 Å². The first-order valence-electron chi connectivity index (χ1n) is 8.62. The third-order valence-electron chi connectivity index (χ3n) is 4.14. The Kier molecular flexibility index (Phi) is 6.19. The smallest absolute Gasteiger partial charge is 0.306 e. The molecule has 142 valence electrons. The molecule has 0 saturated heterocycles. The number of hydrogen-bond acceptors (Lipinski definition) is 5. The van der Waals surface area contributed by atoms with Gasteiger partial charge in [0.1, 0.15) is 0 Å². The molecule has 1 heterocycles. The van der Waals surface area contributed by atoms with E-state index >= 15 is 0 Å². The fourth-order valence-corrected chi connectivity index (χ4v) is 2.82. The van der Waals surface area contributed by atoms with Crippen molar-refractivity contribution < 1.29 is 23.8 Å². The van der Waals surface area contributed by atoms with Crippen LogP contribution >= 0.6 is 11.6 Å². The molecule has 0 aromatic heterocycles. The van der Waals surface area contributed by atoms with Crippen LogP contribution in [0.3, 0.4) is 0 Å². The van der Waals surface area contributed by atoms with Crippen LogP contribution in [0.25, 0.3) is 0 Å². The fraction of sp³-hybridized carbons (Fsp3) is 0.300. The maximum absolute atomic E-state index is 12.1. The first kappa shape index (κ1) is 19.0. The molecular formula is C20H20ClNO5. The van der Waals surface area contributed by atoms with Crippen LogP contribution in [0.4, 0.5) is 0 Å². The first-order valence-corrected chi connectivity index (χ1v) is 9.00. The Balaban J connectivity index is 1.43. The van der Waals surface area contributed by atoms with Crippen LogP contribution in [-0.4, -0.2) is 24.8 Å². The number of halogens is 1. The molecule has 0 aliphatic carbocycles. The third kappa shape index (κ3) is 5.14. The van der Waals surface area contributed by atoms with E-state index < -0.39 is 12.1 Å². The molecule has 27 heavy (non-hydrogen) atoms. The molecule has 0 saturated carbocycles. The number of carbonyl (C=O) groups excluding carboxylic acids is 2. The third-order valence-corrected chi connectivity index (χ3v) is 4.51. The largest absolute Gasteiger partial charge is 0.454 e. The van der Waals surface area contributed by atoms with E-state index in [4.69, 9.17) is 25.8 Å². The van der Waals surface area contributed by atoms with Gasteiger partial charge in [0.05, 0.1) is 0 Å². The van der Waals surface area contributed by atoms with Crippen molar-refractivity contribution in [2.75, 3.05) is 6.79 Å². The van der Waals surface area contributed by atoms with Gasteiger partial charge < -0.3 is 19.5 Å². The van der Waals surface area contributed by atoms with Gasteiger partial charge in [0.25, 0.3) is 5.91 Å². The zero-order chi connectivity index (χ0) is 19.2. The molecule has 0 bridgehead atoms. The van der Waals surface area contributed by atoms with Gasteiger partial charge in [-0.2, -0.15) is 0 Å². The van der Waals surface area contributed by atoms with Crippen LogP contribution in [0.2, 0.25) is 5.02 Å². The zero-order valence-electron chi connectivity index (χ0n) is 14.9. The highest BCUT2D eigenvalue weighted by Crippen LogP contribution is 2.32.